The standard InChI is InChI=1S/C68H97N13O20S2/c1-36-32-81-58(59(36)90)63(94)71-31-45(85)26-49(70-28-38-8-11-41(12-9-38)64-77-78-65(102-64)42-15-13-40(14-16-42)43-29-72-68(73-30-43)79-22-19-48(20-23-79)100-47-6-4-3-5-7-47)60(91)74-55(37(2)84)66(95)80-33-46(86)27-50(80)61(92)75-56(53(89)24-39-10-17-51(87)54(25-39)101-103(97,98)99)62(93)76-57(67(81)96)52(88)18-21-69-44(34-82)35-83/h10,13-17,25,29-30,36-38,41,44-50,52-53,55-59,69-70,82-90H,3-9,11-12,18-24,26-28,31-35H2,1-2H3,(H,71,94)(H,74,91)(H,75,92)(H,76,93)(H,97,98,99)/t36-,37+,38-,41-,45+,46+,49-,50-,52+,53+,55-,56-,57-,58-,59-/m0/s1. The van der Waals surface area contributed by atoms with Crippen molar-refractivity contribution in [2.24, 2.45) is 11.8 Å². The number of carbonyl (C=O) groups excluding carboxylic acids is 6. The first-order chi connectivity index (χ1) is 49.2. The van der Waals surface area contributed by atoms with E-state index in [1.807, 2.05) is 36.7 Å². The zero-order valence-electron chi connectivity index (χ0n) is 57.6. The number of nitrogens with one attached hydrogen (secondary N) is 6. The van der Waals surface area contributed by atoms with Gasteiger partial charge < -0.3 is 101 Å². The molecule has 33 nitrogen and oxygen atoms in total. The zero-order valence-corrected chi connectivity index (χ0v) is 59.2. The number of phenolic OH excluding ortho intramolecular Hbond substituents is 1. The number of phenols is 1. The SMILES string of the molecule is C[C@@H](O)[C@@H]1NC(=O)[C@@H](NC[C@H]2CC[C@H](c3nnc(-c4ccc(-c5cnc(N6CCC(OC7CCCCC7)CC6)nc5)cc4)s3)CC2)C[C@@H](O)CNC(=O)[C@@H]2[C@@H](O)[C@@H](C)CN2C(=O)[C@H]([C@H](O)CCNC(CO)CO)NC(=O)[C@H]([C@H](O)Cc2ccc(O)c(OS(=O)(=O)O)c2)NC(=O)[C@@H]2C[C@@H](O)CN2C1=O. The van der Waals surface area contributed by atoms with E-state index in [0.29, 0.717) is 24.9 Å². The molecule has 6 aliphatic rings. The molecule has 2 aromatic heterocycles. The fourth-order valence-corrected chi connectivity index (χ4v) is 15.9. The van der Waals surface area contributed by atoms with Crippen molar-refractivity contribution >= 4 is 63.1 Å². The first-order valence-corrected chi connectivity index (χ1v) is 37.6. The number of benzene rings is 2. The maximum atomic E-state index is 15.0. The predicted molar refractivity (Wildman–Crippen MR) is 371 cm³/mol. The second-order valence-corrected chi connectivity index (χ2v) is 30.2. The highest BCUT2D eigenvalue weighted by atomic mass is 32.3. The summed E-state index contributed by atoms with van der Waals surface area (Å²) < 4.78 is 43.6. The summed E-state index contributed by atoms with van der Waals surface area (Å²) in [5, 5.41) is 126. The average Bonchev–Trinajstić information content (AvgIpc) is 1.61. The number of piperidine rings is 1. The number of anilines is 1. The summed E-state index contributed by atoms with van der Waals surface area (Å²) in [4.78, 5) is 102. The number of nitrogens with zero attached hydrogens (tertiary/aromatic N) is 7. The van der Waals surface area contributed by atoms with E-state index in [4.69, 9.17) is 14.7 Å². The normalized spacial score (nSPS) is 28.2. The number of aliphatic hydroxyl groups excluding tert-OH is 8. The number of ether oxygens (including phenoxy) is 1. The minimum Gasteiger partial charge on any atom is -0.504 e. The van der Waals surface area contributed by atoms with Crippen molar-refractivity contribution in [1.82, 2.24) is 61.9 Å². The summed E-state index contributed by atoms with van der Waals surface area (Å²) in [6.07, 6.45) is 2.90. The average molecular weight is 1480 g/mol. The molecule has 6 amide bonds. The predicted octanol–water partition coefficient (Wildman–Crippen LogP) is -1.72. The quantitative estimate of drug-likeness (QED) is 0.0389. The number of rotatable bonds is 22. The lowest BCUT2D eigenvalue weighted by atomic mass is 9.82. The fourth-order valence-electron chi connectivity index (χ4n) is 14.5. The maximum Gasteiger partial charge on any atom is 0.446 e. The molecule has 35 heteroatoms. The van der Waals surface area contributed by atoms with Crippen LogP contribution in [0.3, 0.4) is 0 Å². The van der Waals surface area contributed by atoms with Gasteiger partial charge in [-0.15, -0.1) is 10.2 Å². The Bertz CT molecular complexity index is 3630. The summed E-state index contributed by atoms with van der Waals surface area (Å²) in [7, 11) is -5.23. The molecule has 6 heterocycles. The molecule has 13 atom stereocenters. The van der Waals surface area contributed by atoms with Crippen LogP contribution in [0.25, 0.3) is 21.7 Å². The Morgan fingerprint density at radius 2 is 1.36 bits per heavy atom. The van der Waals surface area contributed by atoms with Gasteiger partial charge in [0, 0.05) is 80.9 Å². The van der Waals surface area contributed by atoms with Gasteiger partial charge >= 0.3 is 10.4 Å². The number of aromatic hydroxyl groups is 1. The lowest BCUT2D eigenvalue weighted by Crippen LogP contribution is -2.64. The highest BCUT2D eigenvalue weighted by Crippen LogP contribution is 2.39. The third-order valence-corrected chi connectivity index (χ3v) is 22.0. The minimum absolute atomic E-state index is 0.0197. The van der Waals surface area contributed by atoms with Crippen molar-refractivity contribution in [1.29, 1.82) is 0 Å². The number of fused-ring (bicyclic) bond motifs is 2. The highest BCUT2D eigenvalue weighted by Gasteiger charge is 2.50. The van der Waals surface area contributed by atoms with E-state index in [1.165, 1.54) is 44.4 Å². The summed E-state index contributed by atoms with van der Waals surface area (Å²) in [6, 6.07) is -0.828. The number of carbonyl (C=O) groups is 6. The molecule has 0 unspecified atom stereocenters. The first kappa shape index (κ1) is 78.4. The second kappa shape index (κ2) is 35.7. The minimum atomic E-state index is -5.23. The number of aliphatic hydroxyl groups is 8. The molecular weight excluding hydrogens is 1380 g/mol. The van der Waals surface area contributed by atoms with Crippen LogP contribution in [0.15, 0.2) is 54.9 Å². The van der Waals surface area contributed by atoms with Crippen LogP contribution in [-0.4, -0.2) is 274 Å². The third kappa shape index (κ3) is 20.4. The topological polar surface area (TPSA) is 491 Å². The molecule has 10 rings (SSSR count). The molecule has 0 spiro atoms. The van der Waals surface area contributed by atoms with Gasteiger partial charge in [0.15, 0.2) is 11.5 Å². The summed E-state index contributed by atoms with van der Waals surface area (Å²) in [5.41, 5.74) is 2.65. The number of hydrogen-bond acceptors (Lipinski definition) is 27. The molecule has 2 aliphatic carbocycles. The Morgan fingerprint density at radius 1 is 0.709 bits per heavy atom. The first-order valence-electron chi connectivity index (χ1n) is 35.5. The molecule has 16 N–H and O–H groups in total. The van der Waals surface area contributed by atoms with E-state index < -0.39 is 194 Å². The number of hydrogen-bond donors (Lipinski definition) is 16. The maximum absolute atomic E-state index is 15.0. The third-order valence-electron chi connectivity index (χ3n) is 20.5. The fraction of sp³-hybridized carbons (Fsp3) is 0.647. The summed E-state index contributed by atoms with van der Waals surface area (Å²) in [6.45, 7) is 1.84. The smallest absolute Gasteiger partial charge is 0.446 e. The van der Waals surface area contributed by atoms with Crippen LogP contribution < -0.4 is 41.0 Å². The monoisotopic (exact) mass is 1480 g/mol. The van der Waals surface area contributed by atoms with Crippen LogP contribution in [0.4, 0.5) is 5.95 Å². The van der Waals surface area contributed by atoms with Gasteiger partial charge in [-0.3, -0.25) is 33.3 Å². The number of β-amino-alcohol motifs (C(OH)–C–C–N with tert-alkyl or cyclic N) is 1. The van der Waals surface area contributed by atoms with Crippen molar-refractivity contribution in [3.8, 4) is 33.2 Å². The van der Waals surface area contributed by atoms with Gasteiger partial charge in [0.1, 0.15) is 40.2 Å². The Kier molecular flexibility index (Phi) is 27.2. The van der Waals surface area contributed by atoms with E-state index in [1.54, 1.807) is 0 Å². The van der Waals surface area contributed by atoms with Crippen LogP contribution in [-0.2, 0) is 50.3 Å². The van der Waals surface area contributed by atoms with Crippen LogP contribution in [0, 0.1) is 11.8 Å². The zero-order chi connectivity index (χ0) is 73.8. The van der Waals surface area contributed by atoms with Crippen molar-refractivity contribution in [2.45, 2.75) is 207 Å². The van der Waals surface area contributed by atoms with E-state index in [0.717, 1.165) is 106 Å². The van der Waals surface area contributed by atoms with Gasteiger partial charge in [0.25, 0.3) is 0 Å². The molecule has 2 aromatic carbocycles. The Labute approximate surface area is 600 Å². The summed E-state index contributed by atoms with van der Waals surface area (Å²) in [5.74, 6) is -8.42. The Morgan fingerprint density at radius 3 is 2.03 bits per heavy atom. The Hall–Kier alpha value is -7.23. The van der Waals surface area contributed by atoms with Gasteiger partial charge in [0.2, 0.25) is 41.4 Å². The largest absolute Gasteiger partial charge is 0.504 e. The lowest BCUT2D eigenvalue weighted by molar-refractivity contribution is -0.147. The summed E-state index contributed by atoms with van der Waals surface area (Å²) >= 11 is 1.51. The molecule has 0 bridgehead atoms. The second-order valence-electron chi connectivity index (χ2n) is 28.1. The van der Waals surface area contributed by atoms with Crippen LogP contribution in [0.2, 0.25) is 0 Å². The molecule has 103 heavy (non-hydrogen) atoms. The number of amides is 6. The van der Waals surface area contributed by atoms with Crippen LogP contribution >= 0.6 is 11.3 Å². The van der Waals surface area contributed by atoms with Crippen LogP contribution in [0.1, 0.15) is 120 Å². The van der Waals surface area contributed by atoms with Gasteiger partial charge in [-0.25, -0.2) is 9.97 Å². The molecule has 4 aromatic rings. The van der Waals surface area contributed by atoms with Crippen molar-refractivity contribution in [3.05, 3.63) is 65.4 Å². The van der Waals surface area contributed by atoms with E-state index in [-0.39, 0.29) is 43.1 Å². The van der Waals surface area contributed by atoms with Crippen molar-refractivity contribution in [3.63, 3.8) is 0 Å². The van der Waals surface area contributed by atoms with Gasteiger partial charge in [-0.2, -0.15) is 8.42 Å². The molecule has 0 radical (unpaired) electrons. The Balaban J connectivity index is 0.835. The van der Waals surface area contributed by atoms with Crippen molar-refractivity contribution < 1.29 is 96.6 Å². The molecule has 2 saturated carbocycles. The lowest BCUT2D eigenvalue weighted by Gasteiger charge is -2.34. The molecule has 566 valence electrons. The van der Waals surface area contributed by atoms with Crippen molar-refractivity contribution in [2.75, 3.05) is 63.9 Å². The van der Waals surface area contributed by atoms with Gasteiger partial charge in [-0.1, -0.05) is 67.9 Å². The van der Waals surface area contributed by atoms with E-state index in [9.17, 15) is 82.9 Å². The molecular formula is C68H97N13O20S2. The van der Waals surface area contributed by atoms with E-state index >= 15 is 4.79 Å². The molecule has 4 saturated heterocycles. The van der Waals surface area contributed by atoms with Gasteiger partial charge in [0.05, 0.1) is 74.1 Å². The van der Waals surface area contributed by atoms with Gasteiger partial charge in [-0.05, 0) is 113 Å². The molecule has 4 aliphatic heterocycles. The highest BCUT2D eigenvalue weighted by molar-refractivity contribution is 7.81. The van der Waals surface area contributed by atoms with Crippen LogP contribution in [0.5, 0.6) is 11.5 Å². The van der Waals surface area contributed by atoms with E-state index in [2.05, 4.69) is 51.2 Å². The molecule has 6 fully saturated rings. The number of aromatic nitrogens is 4.